The van der Waals surface area contributed by atoms with Gasteiger partial charge in [0.05, 0.1) is 10.6 Å². The van der Waals surface area contributed by atoms with Crippen LogP contribution in [0.5, 0.6) is 0 Å². The first-order chi connectivity index (χ1) is 9.99. The van der Waals surface area contributed by atoms with Crippen molar-refractivity contribution in [3.8, 4) is 0 Å². The number of nitrogens with zero attached hydrogens (tertiary/aromatic N) is 1. The Bertz CT molecular complexity index is 670. The van der Waals surface area contributed by atoms with Crippen molar-refractivity contribution in [2.75, 3.05) is 6.54 Å². The second kappa shape index (κ2) is 6.77. The van der Waals surface area contributed by atoms with Crippen LogP contribution in [-0.4, -0.2) is 28.5 Å². The molecule has 2 N–H and O–H groups in total. The predicted octanol–water partition coefficient (Wildman–Crippen LogP) is 2.72. The molecular formula is C13H10BrFN2O3S. The Morgan fingerprint density at radius 2 is 2.19 bits per heavy atom. The van der Waals surface area contributed by atoms with Crippen LogP contribution in [0.2, 0.25) is 0 Å². The Labute approximate surface area is 132 Å². The zero-order valence-electron chi connectivity index (χ0n) is 10.6. The molecule has 2 aromatic rings. The summed E-state index contributed by atoms with van der Waals surface area (Å²) in [6, 6.07) is 4.29. The van der Waals surface area contributed by atoms with Crippen molar-refractivity contribution >= 4 is 39.1 Å². The first kappa shape index (κ1) is 15.6. The Balaban J connectivity index is 1.94. The molecule has 0 radical (unpaired) electrons. The maximum Gasteiger partial charge on any atom is 0.355 e. The quantitative estimate of drug-likeness (QED) is 0.845. The fourth-order valence-electron chi connectivity index (χ4n) is 1.61. The number of hydrogen-bond donors (Lipinski definition) is 2. The third-order valence-electron chi connectivity index (χ3n) is 2.59. The zero-order chi connectivity index (χ0) is 15.4. The summed E-state index contributed by atoms with van der Waals surface area (Å²) in [5.74, 6) is -2.23. The van der Waals surface area contributed by atoms with Gasteiger partial charge in [0.2, 0.25) is 0 Å². The molecule has 0 atom stereocenters. The van der Waals surface area contributed by atoms with Gasteiger partial charge in [0.15, 0.2) is 5.69 Å². The molecule has 1 heterocycles. The molecule has 2 rings (SSSR count). The molecule has 21 heavy (non-hydrogen) atoms. The number of benzene rings is 1. The molecule has 0 spiro atoms. The van der Waals surface area contributed by atoms with Gasteiger partial charge in [-0.05, 0) is 28.1 Å². The molecule has 5 nitrogen and oxygen atoms in total. The van der Waals surface area contributed by atoms with E-state index in [2.05, 4.69) is 26.2 Å². The fourth-order valence-corrected chi connectivity index (χ4v) is 2.90. The first-order valence-electron chi connectivity index (χ1n) is 5.89. The normalized spacial score (nSPS) is 10.4. The highest BCUT2D eigenvalue weighted by molar-refractivity contribution is 9.10. The van der Waals surface area contributed by atoms with Crippen LogP contribution in [0, 0.1) is 5.82 Å². The maximum atomic E-state index is 13.6. The number of hydrogen-bond acceptors (Lipinski definition) is 4. The van der Waals surface area contributed by atoms with Gasteiger partial charge in [-0.15, -0.1) is 11.3 Å². The molecule has 0 unspecified atom stereocenters. The van der Waals surface area contributed by atoms with Crippen LogP contribution in [0.25, 0.3) is 0 Å². The van der Waals surface area contributed by atoms with Crippen LogP contribution in [0.15, 0.2) is 28.1 Å². The molecule has 0 saturated heterocycles. The summed E-state index contributed by atoms with van der Waals surface area (Å²) >= 11 is 4.33. The summed E-state index contributed by atoms with van der Waals surface area (Å²) in [6.07, 6.45) is 0.385. The van der Waals surface area contributed by atoms with Crippen LogP contribution in [0.4, 0.5) is 4.39 Å². The lowest BCUT2D eigenvalue weighted by Crippen LogP contribution is -2.27. The standard InChI is InChI=1S/C13H10BrFN2O3S/c14-7-2-1-3-8(15)11(7)12(18)16-5-4-10-17-9(6-21-10)13(19)20/h1-3,6H,4-5H2,(H,16,18)(H,19,20). The van der Waals surface area contributed by atoms with E-state index < -0.39 is 17.7 Å². The van der Waals surface area contributed by atoms with E-state index in [0.29, 0.717) is 15.9 Å². The second-order valence-corrected chi connectivity index (χ2v) is 5.83. The molecule has 0 fully saturated rings. The zero-order valence-corrected chi connectivity index (χ0v) is 13.0. The van der Waals surface area contributed by atoms with Gasteiger partial charge >= 0.3 is 5.97 Å². The topological polar surface area (TPSA) is 79.3 Å². The van der Waals surface area contributed by atoms with Gasteiger partial charge < -0.3 is 10.4 Å². The van der Waals surface area contributed by atoms with Crippen LogP contribution < -0.4 is 5.32 Å². The number of carboxylic acid groups (broad SMARTS) is 1. The van der Waals surface area contributed by atoms with Crippen LogP contribution in [0.1, 0.15) is 25.9 Å². The molecule has 110 valence electrons. The Morgan fingerprint density at radius 1 is 1.43 bits per heavy atom. The number of nitrogens with one attached hydrogen (secondary N) is 1. The average Bonchev–Trinajstić information content (AvgIpc) is 2.87. The van der Waals surface area contributed by atoms with Crippen LogP contribution in [0.3, 0.4) is 0 Å². The predicted molar refractivity (Wildman–Crippen MR) is 79.2 cm³/mol. The summed E-state index contributed by atoms with van der Waals surface area (Å²) < 4.78 is 14.0. The van der Waals surface area contributed by atoms with Crippen LogP contribution in [-0.2, 0) is 6.42 Å². The van der Waals surface area contributed by atoms with Crippen molar-refractivity contribution in [1.82, 2.24) is 10.3 Å². The highest BCUT2D eigenvalue weighted by atomic mass is 79.9. The minimum atomic E-state index is -1.09. The fraction of sp³-hybridized carbons (Fsp3) is 0.154. The molecule has 0 saturated carbocycles. The summed E-state index contributed by atoms with van der Waals surface area (Å²) in [5.41, 5.74) is -0.0685. The molecule has 8 heteroatoms. The second-order valence-electron chi connectivity index (χ2n) is 4.03. The van der Waals surface area contributed by atoms with Crippen molar-refractivity contribution in [3.05, 3.63) is 50.1 Å². The number of aromatic carboxylic acids is 1. The molecule has 0 aliphatic heterocycles. The molecule has 0 aliphatic carbocycles. The van der Waals surface area contributed by atoms with Gasteiger partial charge in [0.25, 0.3) is 5.91 Å². The summed E-state index contributed by atoms with van der Waals surface area (Å²) in [6.45, 7) is 0.242. The number of amides is 1. The van der Waals surface area contributed by atoms with Crippen LogP contribution >= 0.6 is 27.3 Å². The van der Waals surface area contributed by atoms with E-state index >= 15 is 0 Å². The number of halogens is 2. The largest absolute Gasteiger partial charge is 0.476 e. The Kier molecular flexibility index (Phi) is 5.03. The number of carbonyl (C=O) groups is 2. The lowest BCUT2D eigenvalue weighted by Gasteiger charge is -2.06. The number of thiazole rings is 1. The number of carbonyl (C=O) groups excluding carboxylic acids is 1. The molecule has 1 aromatic carbocycles. The average molecular weight is 373 g/mol. The van der Waals surface area contributed by atoms with Gasteiger partial charge in [0.1, 0.15) is 5.82 Å². The minimum absolute atomic E-state index is 0.0156. The molecule has 1 amide bonds. The molecular weight excluding hydrogens is 363 g/mol. The third kappa shape index (κ3) is 3.85. The Morgan fingerprint density at radius 3 is 2.81 bits per heavy atom. The van der Waals surface area contributed by atoms with Crippen molar-refractivity contribution in [3.63, 3.8) is 0 Å². The van der Waals surface area contributed by atoms with Gasteiger partial charge in [-0.1, -0.05) is 6.07 Å². The number of rotatable bonds is 5. The summed E-state index contributed by atoms with van der Waals surface area (Å²) in [4.78, 5) is 26.5. The summed E-state index contributed by atoms with van der Waals surface area (Å²) in [5, 5.41) is 13.4. The van der Waals surface area contributed by atoms with E-state index in [-0.39, 0.29) is 17.8 Å². The van der Waals surface area contributed by atoms with Gasteiger partial charge in [0, 0.05) is 22.8 Å². The van der Waals surface area contributed by atoms with E-state index in [1.165, 1.54) is 28.8 Å². The van der Waals surface area contributed by atoms with Gasteiger partial charge in [-0.2, -0.15) is 0 Å². The molecule has 0 aliphatic rings. The van der Waals surface area contributed by atoms with Crippen molar-refractivity contribution in [1.29, 1.82) is 0 Å². The van der Waals surface area contributed by atoms with Gasteiger partial charge in [-0.25, -0.2) is 14.2 Å². The van der Waals surface area contributed by atoms with E-state index in [9.17, 15) is 14.0 Å². The summed E-state index contributed by atoms with van der Waals surface area (Å²) in [7, 11) is 0. The van der Waals surface area contributed by atoms with Crippen molar-refractivity contribution in [2.45, 2.75) is 6.42 Å². The lowest BCUT2D eigenvalue weighted by atomic mass is 10.2. The molecule has 0 bridgehead atoms. The lowest BCUT2D eigenvalue weighted by molar-refractivity contribution is 0.0690. The maximum absolute atomic E-state index is 13.6. The minimum Gasteiger partial charge on any atom is -0.476 e. The number of carboxylic acids is 1. The molecule has 1 aromatic heterocycles. The van der Waals surface area contributed by atoms with E-state index in [0.717, 1.165) is 0 Å². The van der Waals surface area contributed by atoms with E-state index in [1.807, 2.05) is 0 Å². The number of aromatic nitrogens is 1. The van der Waals surface area contributed by atoms with Gasteiger partial charge in [-0.3, -0.25) is 4.79 Å². The first-order valence-corrected chi connectivity index (χ1v) is 7.56. The smallest absolute Gasteiger partial charge is 0.355 e. The SMILES string of the molecule is O=C(O)c1csc(CCNC(=O)c2c(F)cccc2Br)n1. The van der Waals surface area contributed by atoms with Crippen molar-refractivity contribution < 1.29 is 19.1 Å². The van der Waals surface area contributed by atoms with E-state index in [1.54, 1.807) is 6.07 Å². The monoisotopic (exact) mass is 372 g/mol. The third-order valence-corrected chi connectivity index (χ3v) is 4.15. The highest BCUT2D eigenvalue weighted by Crippen LogP contribution is 2.19. The Hall–Kier alpha value is -1.80. The van der Waals surface area contributed by atoms with E-state index in [4.69, 9.17) is 5.11 Å². The highest BCUT2D eigenvalue weighted by Gasteiger charge is 2.15. The van der Waals surface area contributed by atoms with Crippen molar-refractivity contribution in [2.24, 2.45) is 0 Å².